The SMILES string of the molecule is CC1=CC(C)CC(CNC(C)C2CCC2)C1. The van der Waals surface area contributed by atoms with Gasteiger partial charge in [0.05, 0.1) is 0 Å². The molecule has 0 bridgehead atoms. The Balaban J connectivity index is 1.71. The van der Waals surface area contributed by atoms with Gasteiger partial charge >= 0.3 is 0 Å². The fraction of sp³-hybridized carbons (Fsp3) is 0.867. The van der Waals surface area contributed by atoms with Gasteiger partial charge in [-0.2, -0.15) is 0 Å². The topological polar surface area (TPSA) is 12.0 Å². The molecule has 1 fully saturated rings. The highest BCUT2D eigenvalue weighted by molar-refractivity contribution is 5.06. The lowest BCUT2D eigenvalue weighted by atomic mass is 9.79. The van der Waals surface area contributed by atoms with Crippen molar-refractivity contribution in [3.63, 3.8) is 0 Å². The van der Waals surface area contributed by atoms with Crippen LogP contribution in [-0.4, -0.2) is 12.6 Å². The minimum atomic E-state index is 0.746. The minimum absolute atomic E-state index is 0.746. The Hall–Kier alpha value is -0.300. The summed E-state index contributed by atoms with van der Waals surface area (Å²) in [6.45, 7) is 8.25. The van der Waals surface area contributed by atoms with E-state index in [4.69, 9.17) is 0 Å². The molecule has 1 saturated carbocycles. The molecule has 0 aromatic carbocycles. The molecule has 16 heavy (non-hydrogen) atoms. The first-order valence-electron chi connectivity index (χ1n) is 7.06. The van der Waals surface area contributed by atoms with Crippen LogP contribution in [0.4, 0.5) is 0 Å². The highest BCUT2D eigenvalue weighted by Crippen LogP contribution is 2.30. The maximum absolute atomic E-state index is 3.77. The number of rotatable bonds is 4. The summed E-state index contributed by atoms with van der Waals surface area (Å²) >= 11 is 0. The smallest absolute Gasteiger partial charge is 0.00671 e. The van der Waals surface area contributed by atoms with Gasteiger partial charge in [-0.05, 0) is 63.8 Å². The zero-order valence-electron chi connectivity index (χ0n) is 11.1. The van der Waals surface area contributed by atoms with Crippen LogP contribution in [0.5, 0.6) is 0 Å². The van der Waals surface area contributed by atoms with Crippen LogP contribution in [0.25, 0.3) is 0 Å². The lowest BCUT2D eigenvalue weighted by molar-refractivity contribution is 0.229. The van der Waals surface area contributed by atoms with Crippen LogP contribution < -0.4 is 5.32 Å². The van der Waals surface area contributed by atoms with E-state index < -0.39 is 0 Å². The zero-order chi connectivity index (χ0) is 11.5. The Morgan fingerprint density at radius 2 is 2.19 bits per heavy atom. The molecule has 1 heteroatoms. The van der Waals surface area contributed by atoms with Gasteiger partial charge in [0, 0.05) is 6.04 Å². The monoisotopic (exact) mass is 221 g/mol. The Kier molecular flexibility index (Phi) is 4.07. The van der Waals surface area contributed by atoms with E-state index >= 15 is 0 Å². The van der Waals surface area contributed by atoms with Crippen molar-refractivity contribution in [2.45, 2.75) is 58.9 Å². The predicted octanol–water partition coefficient (Wildman–Crippen LogP) is 3.76. The molecule has 3 atom stereocenters. The van der Waals surface area contributed by atoms with Crippen LogP contribution in [0.3, 0.4) is 0 Å². The van der Waals surface area contributed by atoms with Crippen molar-refractivity contribution >= 4 is 0 Å². The fourth-order valence-corrected chi connectivity index (χ4v) is 3.30. The van der Waals surface area contributed by atoms with Crippen LogP contribution in [0.1, 0.15) is 52.9 Å². The van der Waals surface area contributed by atoms with E-state index in [1.54, 1.807) is 5.57 Å². The van der Waals surface area contributed by atoms with Gasteiger partial charge in [-0.15, -0.1) is 0 Å². The summed E-state index contributed by atoms with van der Waals surface area (Å²) in [7, 11) is 0. The second kappa shape index (κ2) is 5.35. The molecule has 0 amide bonds. The Morgan fingerprint density at radius 1 is 1.44 bits per heavy atom. The molecule has 1 nitrogen and oxygen atoms in total. The van der Waals surface area contributed by atoms with E-state index in [1.807, 2.05) is 0 Å². The van der Waals surface area contributed by atoms with E-state index in [0.29, 0.717) is 0 Å². The summed E-state index contributed by atoms with van der Waals surface area (Å²) in [6, 6.07) is 0.746. The van der Waals surface area contributed by atoms with Crippen molar-refractivity contribution in [2.24, 2.45) is 17.8 Å². The fourth-order valence-electron chi connectivity index (χ4n) is 3.30. The number of allylic oxidation sites excluding steroid dienone is 2. The molecule has 2 aliphatic rings. The third kappa shape index (κ3) is 3.10. The Morgan fingerprint density at radius 3 is 2.75 bits per heavy atom. The van der Waals surface area contributed by atoms with Crippen molar-refractivity contribution in [2.75, 3.05) is 6.54 Å². The maximum Gasteiger partial charge on any atom is 0.00671 e. The molecule has 92 valence electrons. The van der Waals surface area contributed by atoms with Gasteiger partial charge in [0.1, 0.15) is 0 Å². The quantitative estimate of drug-likeness (QED) is 0.713. The highest BCUT2D eigenvalue weighted by atomic mass is 14.9. The first kappa shape index (κ1) is 12.2. The van der Waals surface area contributed by atoms with Crippen molar-refractivity contribution in [1.82, 2.24) is 5.32 Å². The molecule has 0 heterocycles. The lowest BCUT2D eigenvalue weighted by Gasteiger charge is -2.34. The average Bonchev–Trinajstić information content (AvgIpc) is 2.10. The van der Waals surface area contributed by atoms with Gasteiger partial charge < -0.3 is 5.32 Å². The predicted molar refractivity (Wildman–Crippen MR) is 70.5 cm³/mol. The minimum Gasteiger partial charge on any atom is -0.314 e. The largest absolute Gasteiger partial charge is 0.314 e. The van der Waals surface area contributed by atoms with Gasteiger partial charge in [0.25, 0.3) is 0 Å². The van der Waals surface area contributed by atoms with Crippen molar-refractivity contribution in [3.8, 4) is 0 Å². The summed E-state index contributed by atoms with van der Waals surface area (Å²) in [5.74, 6) is 2.64. The van der Waals surface area contributed by atoms with Crippen LogP contribution in [0.15, 0.2) is 11.6 Å². The Bertz CT molecular complexity index is 252. The van der Waals surface area contributed by atoms with Gasteiger partial charge in [0.15, 0.2) is 0 Å². The number of nitrogens with one attached hydrogen (secondary N) is 1. The highest BCUT2D eigenvalue weighted by Gasteiger charge is 2.25. The third-order valence-corrected chi connectivity index (χ3v) is 4.47. The summed E-state index contributed by atoms with van der Waals surface area (Å²) in [4.78, 5) is 0. The maximum atomic E-state index is 3.77. The summed E-state index contributed by atoms with van der Waals surface area (Å²) in [6.07, 6.45) is 9.50. The second-order valence-electron chi connectivity index (χ2n) is 6.18. The molecule has 2 aliphatic carbocycles. The summed E-state index contributed by atoms with van der Waals surface area (Å²) in [5, 5.41) is 3.77. The van der Waals surface area contributed by atoms with E-state index in [2.05, 4.69) is 32.2 Å². The van der Waals surface area contributed by atoms with Gasteiger partial charge in [-0.3, -0.25) is 0 Å². The number of hydrogen-bond acceptors (Lipinski definition) is 1. The third-order valence-electron chi connectivity index (χ3n) is 4.47. The van der Waals surface area contributed by atoms with Crippen LogP contribution >= 0.6 is 0 Å². The molecule has 0 saturated heterocycles. The van der Waals surface area contributed by atoms with Crippen LogP contribution in [0.2, 0.25) is 0 Å². The van der Waals surface area contributed by atoms with E-state index in [9.17, 15) is 0 Å². The molecule has 0 spiro atoms. The average molecular weight is 221 g/mol. The van der Waals surface area contributed by atoms with Crippen LogP contribution in [-0.2, 0) is 0 Å². The zero-order valence-corrected chi connectivity index (χ0v) is 11.1. The van der Waals surface area contributed by atoms with Crippen molar-refractivity contribution in [3.05, 3.63) is 11.6 Å². The molecular formula is C15H27N. The number of hydrogen-bond donors (Lipinski definition) is 1. The molecule has 3 unspecified atom stereocenters. The van der Waals surface area contributed by atoms with Crippen LogP contribution in [0, 0.1) is 17.8 Å². The molecule has 1 N–H and O–H groups in total. The standard InChI is InChI=1S/C15H27N/c1-11-7-12(2)9-14(8-11)10-16-13(3)15-5-4-6-15/h7,11,13-16H,4-6,8-10H2,1-3H3. The van der Waals surface area contributed by atoms with Gasteiger partial charge in [-0.25, -0.2) is 0 Å². The normalized spacial score (nSPS) is 33.1. The summed E-state index contributed by atoms with van der Waals surface area (Å²) < 4.78 is 0. The second-order valence-corrected chi connectivity index (χ2v) is 6.18. The van der Waals surface area contributed by atoms with Gasteiger partial charge in [-0.1, -0.05) is 25.0 Å². The van der Waals surface area contributed by atoms with Crippen molar-refractivity contribution < 1.29 is 0 Å². The molecule has 0 aromatic heterocycles. The van der Waals surface area contributed by atoms with E-state index in [-0.39, 0.29) is 0 Å². The lowest BCUT2D eigenvalue weighted by Crippen LogP contribution is -2.40. The first-order valence-corrected chi connectivity index (χ1v) is 7.06. The van der Waals surface area contributed by atoms with Crippen molar-refractivity contribution in [1.29, 1.82) is 0 Å². The first-order chi connectivity index (χ1) is 7.65. The molecule has 0 radical (unpaired) electrons. The van der Waals surface area contributed by atoms with E-state index in [0.717, 1.165) is 23.8 Å². The molecule has 2 rings (SSSR count). The van der Waals surface area contributed by atoms with E-state index in [1.165, 1.54) is 38.6 Å². The van der Waals surface area contributed by atoms with Gasteiger partial charge in [0.2, 0.25) is 0 Å². The molecule has 0 aliphatic heterocycles. The molecular weight excluding hydrogens is 194 g/mol. The Labute approximate surface area is 101 Å². The summed E-state index contributed by atoms with van der Waals surface area (Å²) in [5.41, 5.74) is 1.60. The molecule has 0 aromatic rings.